The Hall–Kier alpha value is -4.02. The molecule has 1 heterocycles. The van der Waals surface area contributed by atoms with E-state index in [0.29, 0.717) is 5.56 Å². The van der Waals surface area contributed by atoms with E-state index in [1.807, 2.05) is 0 Å². The maximum Gasteiger partial charge on any atom is 0.408 e. The number of likely N-dealkylation sites (tertiary alicyclic amines) is 1. The number of benzene rings is 2. The predicted octanol–water partition coefficient (Wildman–Crippen LogP) is 1.90. The van der Waals surface area contributed by atoms with E-state index in [9.17, 15) is 28.0 Å². The fourth-order valence-corrected chi connectivity index (χ4v) is 3.74. The molecule has 186 valence electrons. The number of carbonyl (C=O) groups excluding carboxylic acids is 4. The lowest BCUT2D eigenvalue weighted by molar-refractivity contribution is -0.134. The van der Waals surface area contributed by atoms with Crippen LogP contribution in [0.25, 0.3) is 0 Å². The number of nitrogens with one attached hydrogen (secondary N) is 2. The summed E-state index contributed by atoms with van der Waals surface area (Å²) in [5, 5.41) is 4.74. The number of methoxy groups -OCH3 is 1. The van der Waals surface area contributed by atoms with Crippen LogP contribution in [0.2, 0.25) is 0 Å². The van der Waals surface area contributed by atoms with Gasteiger partial charge in [-0.15, -0.1) is 0 Å². The van der Waals surface area contributed by atoms with E-state index in [4.69, 9.17) is 9.47 Å². The Morgan fingerprint density at radius 3 is 2.37 bits per heavy atom. The standard InChI is InChI=1S/C24H25F2N3O6/c1-14(30)10-27-20(31)12-29-11-17(21-18(25)8-16(34-2)9-19(21)26)22(23(29)32)28-24(33)35-13-15-6-4-3-5-7-15/h3-9,17,22H,10-13H2,1-2H3,(H,27,31)(H,28,33)/t17-,22-/m0/s1. The molecule has 0 aliphatic carbocycles. The van der Waals surface area contributed by atoms with Crippen LogP contribution >= 0.6 is 0 Å². The average molecular weight is 489 g/mol. The molecular weight excluding hydrogens is 464 g/mol. The molecule has 35 heavy (non-hydrogen) atoms. The van der Waals surface area contributed by atoms with Crippen molar-refractivity contribution in [2.24, 2.45) is 0 Å². The van der Waals surface area contributed by atoms with Gasteiger partial charge in [0.15, 0.2) is 0 Å². The van der Waals surface area contributed by atoms with Crippen molar-refractivity contribution in [2.45, 2.75) is 25.5 Å². The van der Waals surface area contributed by atoms with Gasteiger partial charge in [-0.25, -0.2) is 13.6 Å². The highest BCUT2D eigenvalue weighted by atomic mass is 19.1. The van der Waals surface area contributed by atoms with Crippen LogP contribution in [0, 0.1) is 11.6 Å². The molecular formula is C24H25F2N3O6. The molecule has 0 bridgehead atoms. The van der Waals surface area contributed by atoms with Crippen molar-refractivity contribution in [2.75, 3.05) is 26.7 Å². The molecule has 2 atom stereocenters. The summed E-state index contributed by atoms with van der Waals surface area (Å²) in [7, 11) is 1.25. The lowest BCUT2D eigenvalue weighted by Crippen LogP contribution is -2.46. The molecule has 2 aromatic carbocycles. The van der Waals surface area contributed by atoms with E-state index in [-0.39, 0.29) is 31.2 Å². The molecule has 1 fully saturated rings. The van der Waals surface area contributed by atoms with E-state index < -0.39 is 53.6 Å². The Labute approximate surface area is 200 Å². The number of rotatable bonds is 9. The Bertz CT molecular complexity index is 1090. The molecule has 1 saturated heterocycles. The number of ether oxygens (including phenoxy) is 2. The second kappa shape index (κ2) is 11.4. The van der Waals surface area contributed by atoms with E-state index in [1.165, 1.54) is 14.0 Å². The van der Waals surface area contributed by atoms with Gasteiger partial charge in [-0.1, -0.05) is 30.3 Å². The quantitative estimate of drug-likeness (QED) is 0.556. The number of halogens is 2. The zero-order valence-corrected chi connectivity index (χ0v) is 19.2. The largest absolute Gasteiger partial charge is 0.497 e. The van der Waals surface area contributed by atoms with E-state index >= 15 is 0 Å². The minimum atomic E-state index is -1.39. The van der Waals surface area contributed by atoms with Gasteiger partial charge >= 0.3 is 6.09 Å². The maximum atomic E-state index is 14.8. The van der Waals surface area contributed by atoms with Gasteiger partial charge in [-0.3, -0.25) is 14.4 Å². The summed E-state index contributed by atoms with van der Waals surface area (Å²) in [5.41, 5.74) is 0.270. The summed E-state index contributed by atoms with van der Waals surface area (Å²) in [4.78, 5) is 49.8. The molecule has 0 radical (unpaired) electrons. The van der Waals surface area contributed by atoms with E-state index in [2.05, 4.69) is 10.6 Å². The molecule has 2 aromatic rings. The van der Waals surface area contributed by atoms with Crippen LogP contribution < -0.4 is 15.4 Å². The topological polar surface area (TPSA) is 114 Å². The number of carbonyl (C=O) groups is 4. The molecule has 11 heteroatoms. The first-order valence-corrected chi connectivity index (χ1v) is 10.7. The first kappa shape index (κ1) is 25.6. The molecule has 0 unspecified atom stereocenters. The van der Waals surface area contributed by atoms with Gasteiger partial charge in [0, 0.05) is 30.2 Å². The van der Waals surface area contributed by atoms with Gasteiger partial charge in [-0.05, 0) is 12.5 Å². The minimum Gasteiger partial charge on any atom is -0.497 e. The van der Waals surface area contributed by atoms with Gasteiger partial charge < -0.3 is 25.0 Å². The van der Waals surface area contributed by atoms with Crippen molar-refractivity contribution in [3.63, 3.8) is 0 Å². The molecule has 1 aliphatic heterocycles. The molecule has 9 nitrogen and oxygen atoms in total. The van der Waals surface area contributed by atoms with Crippen LogP contribution in [0.1, 0.15) is 24.0 Å². The first-order chi connectivity index (χ1) is 16.7. The average Bonchev–Trinajstić information content (AvgIpc) is 3.11. The lowest BCUT2D eigenvalue weighted by Gasteiger charge is -2.20. The highest BCUT2D eigenvalue weighted by Crippen LogP contribution is 2.34. The van der Waals surface area contributed by atoms with E-state index in [1.54, 1.807) is 30.3 Å². The number of ketones is 1. The molecule has 3 rings (SSSR count). The first-order valence-electron chi connectivity index (χ1n) is 10.7. The van der Waals surface area contributed by atoms with Crippen LogP contribution in [0.15, 0.2) is 42.5 Å². The third-order valence-electron chi connectivity index (χ3n) is 5.41. The van der Waals surface area contributed by atoms with Gasteiger partial charge in [0.25, 0.3) is 0 Å². The number of nitrogens with zero attached hydrogens (tertiary/aromatic N) is 1. The molecule has 0 saturated carbocycles. The number of hydrogen-bond donors (Lipinski definition) is 2. The lowest BCUT2D eigenvalue weighted by atomic mass is 9.93. The third kappa shape index (κ3) is 6.52. The fraction of sp³-hybridized carbons (Fsp3) is 0.333. The van der Waals surface area contributed by atoms with Crippen molar-refractivity contribution < 1.29 is 37.4 Å². The summed E-state index contributed by atoms with van der Waals surface area (Å²) in [6.07, 6.45) is -0.964. The van der Waals surface area contributed by atoms with Gasteiger partial charge in [-0.2, -0.15) is 0 Å². The highest BCUT2D eigenvalue weighted by molar-refractivity contribution is 5.93. The van der Waals surface area contributed by atoms with Gasteiger partial charge in [0.2, 0.25) is 11.8 Å². The Balaban J connectivity index is 1.81. The fourth-order valence-electron chi connectivity index (χ4n) is 3.74. The Morgan fingerprint density at radius 2 is 1.77 bits per heavy atom. The van der Waals surface area contributed by atoms with Crippen molar-refractivity contribution in [1.82, 2.24) is 15.5 Å². The highest BCUT2D eigenvalue weighted by Gasteiger charge is 2.45. The normalized spacial score (nSPS) is 17.1. The summed E-state index contributed by atoms with van der Waals surface area (Å²) in [6, 6.07) is 9.34. The van der Waals surface area contributed by atoms with Crippen LogP contribution in [0.3, 0.4) is 0 Å². The third-order valence-corrected chi connectivity index (χ3v) is 5.41. The van der Waals surface area contributed by atoms with Crippen molar-refractivity contribution >= 4 is 23.7 Å². The summed E-state index contributed by atoms with van der Waals surface area (Å²) in [6.45, 7) is 0.267. The van der Waals surface area contributed by atoms with E-state index in [0.717, 1.165) is 17.0 Å². The molecule has 0 aromatic heterocycles. The Kier molecular flexibility index (Phi) is 8.34. The van der Waals surface area contributed by atoms with Crippen LogP contribution in [0.4, 0.5) is 13.6 Å². The van der Waals surface area contributed by atoms with Gasteiger partial charge in [0.1, 0.15) is 35.8 Å². The Morgan fingerprint density at radius 1 is 1.11 bits per heavy atom. The number of amides is 3. The summed E-state index contributed by atoms with van der Waals surface area (Å²) < 4.78 is 39.7. The van der Waals surface area contributed by atoms with Crippen molar-refractivity contribution in [3.05, 3.63) is 65.2 Å². The molecule has 2 N–H and O–H groups in total. The van der Waals surface area contributed by atoms with Gasteiger partial charge in [0.05, 0.1) is 20.2 Å². The van der Waals surface area contributed by atoms with Crippen LogP contribution in [-0.2, 0) is 25.7 Å². The second-order valence-electron chi connectivity index (χ2n) is 7.99. The zero-order valence-electron chi connectivity index (χ0n) is 19.2. The maximum absolute atomic E-state index is 14.8. The smallest absolute Gasteiger partial charge is 0.408 e. The number of hydrogen-bond acceptors (Lipinski definition) is 6. The second-order valence-corrected chi connectivity index (χ2v) is 7.99. The monoisotopic (exact) mass is 489 g/mol. The molecule has 1 aliphatic rings. The van der Waals surface area contributed by atoms with Crippen molar-refractivity contribution in [3.8, 4) is 5.75 Å². The van der Waals surface area contributed by atoms with Crippen molar-refractivity contribution in [1.29, 1.82) is 0 Å². The number of Topliss-reactive ketones (excluding diaryl/α,β-unsaturated/α-hetero) is 1. The number of alkyl carbamates (subject to hydrolysis) is 1. The predicted molar refractivity (Wildman–Crippen MR) is 119 cm³/mol. The summed E-state index contributed by atoms with van der Waals surface area (Å²) >= 11 is 0. The zero-order chi connectivity index (χ0) is 25.5. The van der Waals surface area contributed by atoms with Crippen LogP contribution in [-0.4, -0.2) is 61.4 Å². The SMILES string of the molecule is COc1cc(F)c([C@@H]2CN(CC(=O)NCC(C)=O)C(=O)[C@H]2NC(=O)OCc2ccccc2)c(F)c1. The van der Waals surface area contributed by atoms with Crippen LogP contribution in [0.5, 0.6) is 5.75 Å². The molecule has 0 spiro atoms. The molecule has 3 amide bonds. The summed E-state index contributed by atoms with van der Waals surface area (Å²) in [5.74, 6) is -4.78. The minimum absolute atomic E-state index is 0.0553.